The third kappa shape index (κ3) is 3.81. The van der Waals surface area contributed by atoms with E-state index >= 15 is 0 Å². The lowest BCUT2D eigenvalue weighted by molar-refractivity contribution is -0.139. The largest absolute Gasteiger partial charge is 0.445 e. The van der Waals surface area contributed by atoms with E-state index in [1.807, 2.05) is 4.90 Å². The minimum absolute atomic E-state index is 0.117. The van der Waals surface area contributed by atoms with Gasteiger partial charge >= 0.3 is 0 Å². The van der Waals surface area contributed by atoms with Crippen molar-refractivity contribution in [2.24, 2.45) is 17.6 Å². The lowest BCUT2D eigenvalue weighted by Gasteiger charge is -2.34. The van der Waals surface area contributed by atoms with E-state index in [0.29, 0.717) is 31.8 Å². The van der Waals surface area contributed by atoms with Crippen molar-refractivity contribution in [3.05, 3.63) is 17.3 Å². The van der Waals surface area contributed by atoms with E-state index in [4.69, 9.17) is 10.2 Å². The molecule has 0 radical (unpaired) electrons. The highest BCUT2D eigenvalue weighted by molar-refractivity contribution is 5.79. The molecule has 2 heterocycles. The summed E-state index contributed by atoms with van der Waals surface area (Å²) < 4.78 is 5.86. The number of aromatic nitrogens is 1. The maximum Gasteiger partial charge on any atom is 0.226 e. The van der Waals surface area contributed by atoms with E-state index in [2.05, 4.69) is 18.8 Å². The summed E-state index contributed by atoms with van der Waals surface area (Å²) >= 11 is 0. The molecule has 0 saturated heterocycles. The first-order valence-electron chi connectivity index (χ1n) is 9.14. The van der Waals surface area contributed by atoms with Crippen LogP contribution in [0.15, 0.2) is 4.42 Å². The zero-order valence-electron chi connectivity index (χ0n) is 14.7. The Morgan fingerprint density at radius 1 is 1.46 bits per heavy atom. The number of oxazole rings is 1. The Hall–Kier alpha value is -1.40. The van der Waals surface area contributed by atoms with Crippen molar-refractivity contribution in [3.8, 4) is 0 Å². The predicted molar refractivity (Wildman–Crippen MR) is 90.1 cm³/mol. The fraction of sp³-hybridized carbons (Fsp3) is 0.778. The van der Waals surface area contributed by atoms with Gasteiger partial charge in [-0.25, -0.2) is 4.98 Å². The van der Waals surface area contributed by atoms with Gasteiger partial charge in [0.25, 0.3) is 0 Å². The number of aryl methyl sites for hydroxylation is 1. The zero-order valence-corrected chi connectivity index (χ0v) is 14.7. The second-order valence-corrected chi connectivity index (χ2v) is 7.66. The molecular weight excluding hydrogens is 306 g/mol. The smallest absolute Gasteiger partial charge is 0.226 e. The maximum atomic E-state index is 12.8. The summed E-state index contributed by atoms with van der Waals surface area (Å²) in [6.45, 7) is 5.57. The predicted octanol–water partition coefficient (Wildman–Crippen LogP) is 1.64. The van der Waals surface area contributed by atoms with E-state index in [9.17, 15) is 9.90 Å². The summed E-state index contributed by atoms with van der Waals surface area (Å²) in [5.41, 5.74) is 6.74. The molecule has 6 heteroatoms. The van der Waals surface area contributed by atoms with Crippen LogP contribution in [0.25, 0.3) is 0 Å². The first-order valence-corrected chi connectivity index (χ1v) is 9.14. The molecular formula is C18H29N3O3. The fourth-order valence-corrected chi connectivity index (χ4v) is 3.61. The number of hydrogen-bond acceptors (Lipinski definition) is 5. The average molecular weight is 335 g/mol. The molecule has 1 aliphatic heterocycles. The van der Waals surface area contributed by atoms with Crippen LogP contribution in [0.2, 0.25) is 0 Å². The molecule has 2 aliphatic rings. The molecule has 0 bridgehead atoms. The molecule has 0 spiro atoms. The standard InChI is InChI=1S/C18H29N3O3/c1-11(2)3-6-17-20-14-10-21(8-7-16(14)24-17)18(23)12-4-5-13(19)15(22)9-12/h11-13,15,22H,3-10,19H2,1-2H3/t12-,13+,15+/m0/s1. The van der Waals surface area contributed by atoms with Crippen molar-refractivity contribution in [1.82, 2.24) is 9.88 Å². The Morgan fingerprint density at radius 2 is 2.25 bits per heavy atom. The van der Waals surface area contributed by atoms with Crippen LogP contribution in [-0.4, -0.2) is 39.6 Å². The number of hydrogen-bond donors (Lipinski definition) is 2. The normalized spacial score (nSPS) is 27.4. The molecule has 0 unspecified atom stereocenters. The molecule has 1 saturated carbocycles. The highest BCUT2D eigenvalue weighted by Gasteiger charge is 2.35. The Kier molecular flexibility index (Phi) is 5.25. The van der Waals surface area contributed by atoms with Crippen LogP contribution >= 0.6 is 0 Å². The van der Waals surface area contributed by atoms with Crippen molar-refractivity contribution in [2.45, 2.75) is 71.1 Å². The third-order valence-electron chi connectivity index (χ3n) is 5.24. The number of aliphatic hydroxyl groups excluding tert-OH is 1. The molecule has 1 aromatic rings. The monoisotopic (exact) mass is 335 g/mol. The molecule has 1 aliphatic carbocycles. The van der Waals surface area contributed by atoms with Crippen molar-refractivity contribution in [1.29, 1.82) is 0 Å². The SMILES string of the molecule is CC(C)CCc1nc2c(o1)CCN(C(=O)[C@H]1CC[C@@H](N)[C@H](O)C1)C2. The van der Waals surface area contributed by atoms with Gasteiger partial charge in [-0.3, -0.25) is 4.79 Å². The van der Waals surface area contributed by atoms with Crippen LogP contribution in [0, 0.1) is 11.8 Å². The van der Waals surface area contributed by atoms with Gasteiger partial charge in [0.15, 0.2) is 5.89 Å². The summed E-state index contributed by atoms with van der Waals surface area (Å²) in [5.74, 6) is 2.36. The maximum absolute atomic E-state index is 12.8. The molecule has 1 aromatic heterocycles. The van der Waals surface area contributed by atoms with Crippen LogP contribution in [0.5, 0.6) is 0 Å². The van der Waals surface area contributed by atoms with Gasteiger partial charge in [-0.15, -0.1) is 0 Å². The van der Waals surface area contributed by atoms with E-state index in [-0.39, 0.29) is 17.9 Å². The van der Waals surface area contributed by atoms with Crippen molar-refractivity contribution < 1.29 is 14.3 Å². The molecule has 1 amide bonds. The second kappa shape index (κ2) is 7.23. The van der Waals surface area contributed by atoms with Crippen LogP contribution in [0.1, 0.15) is 56.9 Å². The number of carbonyl (C=O) groups excluding carboxylic acids is 1. The Balaban J connectivity index is 1.61. The number of rotatable bonds is 4. The Labute approximate surface area is 143 Å². The molecule has 0 aromatic carbocycles. The second-order valence-electron chi connectivity index (χ2n) is 7.66. The summed E-state index contributed by atoms with van der Waals surface area (Å²) in [6.07, 6.45) is 4.02. The highest BCUT2D eigenvalue weighted by atomic mass is 16.4. The zero-order chi connectivity index (χ0) is 17.3. The van der Waals surface area contributed by atoms with E-state index in [0.717, 1.165) is 43.0 Å². The van der Waals surface area contributed by atoms with Gasteiger partial charge < -0.3 is 20.2 Å². The summed E-state index contributed by atoms with van der Waals surface area (Å²) in [4.78, 5) is 19.2. The van der Waals surface area contributed by atoms with Gasteiger partial charge in [0, 0.05) is 31.3 Å². The van der Waals surface area contributed by atoms with Gasteiger partial charge in [0.2, 0.25) is 5.91 Å². The minimum atomic E-state index is -0.567. The number of carbonyl (C=O) groups is 1. The molecule has 6 nitrogen and oxygen atoms in total. The van der Waals surface area contributed by atoms with E-state index < -0.39 is 6.10 Å². The van der Waals surface area contributed by atoms with Crippen molar-refractivity contribution >= 4 is 5.91 Å². The highest BCUT2D eigenvalue weighted by Crippen LogP contribution is 2.28. The van der Waals surface area contributed by atoms with Gasteiger partial charge in [0.1, 0.15) is 11.5 Å². The summed E-state index contributed by atoms with van der Waals surface area (Å²) in [6, 6.07) is -0.193. The van der Waals surface area contributed by atoms with E-state index in [1.165, 1.54) is 0 Å². The lowest BCUT2D eigenvalue weighted by Crippen LogP contribution is -2.46. The van der Waals surface area contributed by atoms with Crippen LogP contribution in [-0.2, 0) is 24.2 Å². The van der Waals surface area contributed by atoms with Crippen LogP contribution in [0.4, 0.5) is 0 Å². The average Bonchev–Trinajstić information content (AvgIpc) is 2.96. The molecule has 3 N–H and O–H groups in total. The quantitative estimate of drug-likeness (QED) is 0.872. The van der Waals surface area contributed by atoms with Gasteiger partial charge in [0.05, 0.1) is 12.6 Å². The van der Waals surface area contributed by atoms with Crippen molar-refractivity contribution in [2.75, 3.05) is 6.54 Å². The van der Waals surface area contributed by atoms with Crippen LogP contribution < -0.4 is 5.73 Å². The number of fused-ring (bicyclic) bond motifs is 1. The molecule has 3 atom stereocenters. The number of nitrogens with zero attached hydrogens (tertiary/aromatic N) is 2. The number of nitrogens with two attached hydrogens (primary N) is 1. The topological polar surface area (TPSA) is 92.6 Å². The fourth-order valence-electron chi connectivity index (χ4n) is 3.61. The van der Waals surface area contributed by atoms with Gasteiger partial charge in [-0.05, 0) is 31.6 Å². The van der Waals surface area contributed by atoms with Crippen molar-refractivity contribution in [3.63, 3.8) is 0 Å². The molecule has 24 heavy (non-hydrogen) atoms. The first kappa shape index (κ1) is 17.4. The molecule has 134 valence electrons. The number of amides is 1. The number of aliphatic hydroxyl groups is 1. The molecule has 3 rings (SSSR count). The van der Waals surface area contributed by atoms with Gasteiger partial charge in [-0.2, -0.15) is 0 Å². The lowest BCUT2D eigenvalue weighted by atomic mass is 9.83. The van der Waals surface area contributed by atoms with E-state index in [1.54, 1.807) is 0 Å². The van der Waals surface area contributed by atoms with Crippen LogP contribution in [0.3, 0.4) is 0 Å². The third-order valence-corrected chi connectivity index (χ3v) is 5.24. The van der Waals surface area contributed by atoms with Gasteiger partial charge in [-0.1, -0.05) is 13.8 Å². The first-order chi connectivity index (χ1) is 11.4. The molecule has 1 fully saturated rings. The Bertz CT molecular complexity index is 584. The minimum Gasteiger partial charge on any atom is -0.445 e. The summed E-state index contributed by atoms with van der Waals surface area (Å²) in [5, 5.41) is 9.94. The summed E-state index contributed by atoms with van der Waals surface area (Å²) in [7, 11) is 0. The Morgan fingerprint density at radius 3 is 2.96 bits per heavy atom.